The van der Waals surface area contributed by atoms with Crippen LogP contribution in [0.5, 0.6) is 0 Å². The molecule has 0 fully saturated rings. The van der Waals surface area contributed by atoms with Crippen molar-refractivity contribution in [2.75, 3.05) is 7.05 Å². The number of amides is 1. The Morgan fingerprint density at radius 3 is 2.78 bits per heavy atom. The quantitative estimate of drug-likeness (QED) is 0.671. The summed E-state index contributed by atoms with van der Waals surface area (Å²) in [5, 5.41) is 3.29. The molecule has 0 bridgehead atoms. The molecule has 2 aromatic heterocycles. The van der Waals surface area contributed by atoms with E-state index in [-0.39, 0.29) is 11.9 Å². The lowest BCUT2D eigenvalue weighted by Crippen LogP contribution is -2.30. The van der Waals surface area contributed by atoms with Crippen molar-refractivity contribution in [3.8, 4) is 0 Å². The third-order valence-electron chi connectivity index (χ3n) is 4.50. The van der Waals surface area contributed by atoms with Crippen LogP contribution in [0.3, 0.4) is 0 Å². The highest BCUT2D eigenvalue weighted by atomic mass is 32.1. The number of rotatable bonds is 5. The van der Waals surface area contributed by atoms with Gasteiger partial charge in [-0.2, -0.15) is 0 Å². The van der Waals surface area contributed by atoms with Crippen molar-refractivity contribution >= 4 is 28.1 Å². The fourth-order valence-electron chi connectivity index (χ4n) is 2.96. The van der Waals surface area contributed by atoms with Gasteiger partial charge in [0.15, 0.2) is 0 Å². The highest BCUT2D eigenvalue weighted by molar-refractivity contribution is 7.10. The molecule has 3 rings (SSSR count). The van der Waals surface area contributed by atoms with E-state index in [1.807, 2.05) is 30.1 Å². The molecule has 0 saturated heterocycles. The Morgan fingerprint density at radius 1 is 1.26 bits per heavy atom. The van der Waals surface area contributed by atoms with Gasteiger partial charge in [0.25, 0.3) is 0 Å². The first-order valence-electron chi connectivity index (χ1n) is 7.92. The first-order chi connectivity index (χ1) is 11.1. The summed E-state index contributed by atoms with van der Waals surface area (Å²) in [4.78, 5) is 15.6. The molecular weight excluding hydrogens is 304 g/mol. The van der Waals surface area contributed by atoms with Crippen molar-refractivity contribution < 1.29 is 4.79 Å². The Bertz CT molecular complexity index is 804. The molecule has 4 heteroatoms. The van der Waals surface area contributed by atoms with E-state index in [9.17, 15) is 4.79 Å². The summed E-state index contributed by atoms with van der Waals surface area (Å²) < 4.78 is 2.23. The van der Waals surface area contributed by atoms with E-state index in [2.05, 4.69) is 48.1 Å². The van der Waals surface area contributed by atoms with Gasteiger partial charge < -0.3 is 9.47 Å². The van der Waals surface area contributed by atoms with Gasteiger partial charge >= 0.3 is 0 Å². The molecule has 0 N–H and O–H groups in total. The highest BCUT2D eigenvalue weighted by Gasteiger charge is 2.18. The third-order valence-corrected chi connectivity index (χ3v) is 5.54. The maximum absolute atomic E-state index is 12.5. The minimum absolute atomic E-state index is 0.130. The summed E-state index contributed by atoms with van der Waals surface area (Å²) in [6.07, 6.45) is 0.520. The third kappa shape index (κ3) is 3.17. The molecular formula is C19H22N2OS. The second-order valence-electron chi connectivity index (χ2n) is 5.94. The van der Waals surface area contributed by atoms with Crippen LogP contribution >= 0.6 is 11.3 Å². The Balaban J connectivity index is 1.69. The minimum Gasteiger partial charge on any atom is -0.344 e. The number of carbonyl (C=O) groups is 1. The largest absolute Gasteiger partial charge is 0.344 e. The molecule has 120 valence electrons. The van der Waals surface area contributed by atoms with Gasteiger partial charge in [0.2, 0.25) is 5.91 Å². The number of nitrogens with zero attached hydrogens (tertiary/aromatic N) is 2. The van der Waals surface area contributed by atoms with Gasteiger partial charge in [-0.3, -0.25) is 4.79 Å². The summed E-state index contributed by atoms with van der Waals surface area (Å²) in [6, 6.07) is 14.8. The lowest BCUT2D eigenvalue weighted by atomic mass is 10.2. The lowest BCUT2D eigenvalue weighted by molar-refractivity contribution is -0.131. The molecule has 1 atom stereocenters. The molecule has 1 amide bonds. The fraction of sp³-hybridized carbons (Fsp3) is 0.316. The number of carbonyl (C=O) groups excluding carboxylic acids is 1. The molecule has 23 heavy (non-hydrogen) atoms. The molecule has 0 aliphatic heterocycles. The Morgan fingerprint density at radius 2 is 2.04 bits per heavy atom. The zero-order chi connectivity index (χ0) is 16.4. The Hall–Kier alpha value is -2.07. The van der Waals surface area contributed by atoms with Crippen LogP contribution in [0.15, 0.2) is 47.8 Å². The van der Waals surface area contributed by atoms with Crippen LogP contribution in [0.1, 0.15) is 30.0 Å². The highest BCUT2D eigenvalue weighted by Crippen LogP contribution is 2.24. The lowest BCUT2D eigenvalue weighted by Gasteiger charge is -2.24. The molecule has 3 nitrogen and oxygen atoms in total. The van der Waals surface area contributed by atoms with Gasteiger partial charge in [0, 0.05) is 36.1 Å². The van der Waals surface area contributed by atoms with Crippen LogP contribution in [0.25, 0.3) is 10.9 Å². The predicted molar refractivity (Wildman–Crippen MR) is 96.8 cm³/mol. The van der Waals surface area contributed by atoms with E-state index in [1.54, 1.807) is 11.3 Å². The fourth-order valence-corrected chi connectivity index (χ4v) is 3.79. The maximum atomic E-state index is 12.5. The average Bonchev–Trinajstić information content (AvgIpc) is 3.18. The zero-order valence-corrected chi connectivity index (χ0v) is 14.6. The van der Waals surface area contributed by atoms with Gasteiger partial charge in [0.1, 0.15) is 0 Å². The van der Waals surface area contributed by atoms with Crippen LogP contribution in [-0.2, 0) is 11.3 Å². The van der Waals surface area contributed by atoms with E-state index >= 15 is 0 Å². The molecule has 1 aromatic carbocycles. The van der Waals surface area contributed by atoms with Crippen molar-refractivity contribution in [1.82, 2.24) is 9.47 Å². The number of hydrogen-bond donors (Lipinski definition) is 0. The second-order valence-corrected chi connectivity index (χ2v) is 6.92. The number of benzene rings is 1. The Labute approximate surface area is 141 Å². The standard InChI is InChI=1S/C19H22N2OS/c1-14-13-16-7-4-5-8-17(16)21(14)11-10-19(22)20(3)15(2)18-9-6-12-23-18/h4-9,12-13,15H,10-11H2,1-3H3/t15-/m0/s1. The minimum atomic E-state index is 0.130. The summed E-state index contributed by atoms with van der Waals surface area (Å²) >= 11 is 1.70. The van der Waals surface area contributed by atoms with Crippen molar-refractivity contribution in [2.45, 2.75) is 32.9 Å². The monoisotopic (exact) mass is 326 g/mol. The van der Waals surface area contributed by atoms with Gasteiger partial charge in [-0.25, -0.2) is 0 Å². The van der Waals surface area contributed by atoms with Crippen molar-refractivity contribution in [3.63, 3.8) is 0 Å². The molecule has 0 saturated carbocycles. The van der Waals surface area contributed by atoms with Crippen LogP contribution < -0.4 is 0 Å². The number of hydrogen-bond acceptors (Lipinski definition) is 2. The van der Waals surface area contributed by atoms with E-state index in [0.29, 0.717) is 6.42 Å². The first-order valence-corrected chi connectivity index (χ1v) is 8.80. The molecule has 0 aliphatic carbocycles. The predicted octanol–water partition coefficient (Wildman–Crippen LogP) is 4.62. The normalized spacial score (nSPS) is 12.5. The molecule has 2 heterocycles. The van der Waals surface area contributed by atoms with Crippen molar-refractivity contribution in [3.05, 3.63) is 58.4 Å². The second kappa shape index (κ2) is 6.59. The van der Waals surface area contributed by atoms with Crippen LogP contribution in [0.2, 0.25) is 0 Å². The van der Waals surface area contributed by atoms with Gasteiger partial charge in [0.05, 0.1) is 6.04 Å². The first kappa shape index (κ1) is 15.8. The molecule has 0 radical (unpaired) electrons. The Kier molecular flexibility index (Phi) is 4.53. The smallest absolute Gasteiger partial charge is 0.224 e. The topological polar surface area (TPSA) is 25.2 Å². The van der Waals surface area contributed by atoms with Crippen molar-refractivity contribution in [1.29, 1.82) is 0 Å². The van der Waals surface area contributed by atoms with Crippen LogP contribution in [0, 0.1) is 6.92 Å². The molecule has 0 spiro atoms. The molecule has 0 unspecified atom stereocenters. The number of aryl methyl sites for hydroxylation is 2. The number of fused-ring (bicyclic) bond motifs is 1. The van der Waals surface area contributed by atoms with Crippen LogP contribution in [-0.4, -0.2) is 22.4 Å². The van der Waals surface area contributed by atoms with E-state index in [0.717, 1.165) is 6.54 Å². The summed E-state index contributed by atoms with van der Waals surface area (Å²) in [5.41, 5.74) is 2.40. The SMILES string of the molecule is Cc1cc2ccccc2n1CCC(=O)N(C)[C@@H](C)c1cccs1. The molecule has 3 aromatic rings. The number of thiophene rings is 1. The summed E-state index contributed by atoms with van der Waals surface area (Å²) in [5.74, 6) is 0.183. The summed E-state index contributed by atoms with van der Waals surface area (Å²) in [7, 11) is 1.90. The van der Waals surface area contributed by atoms with Crippen molar-refractivity contribution in [2.24, 2.45) is 0 Å². The van der Waals surface area contributed by atoms with Gasteiger partial charge in [-0.15, -0.1) is 11.3 Å². The van der Waals surface area contributed by atoms with Gasteiger partial charge in [-0.05, 0) is 42.8 Å². The number of aromatic nitrogens is 1. The average molecular weight is 326 g/mol. The van der Waals surface area contributed by atoms with E-state index < -0.39 is 0 Å². The van der Waals surface area contributed by atoms with Crippen LogP contribution in [0.4, 0.5) is 0 Å². The number of para-hydroxylation sites is 1. The summed E-state index contributed by atoms with van der Waals surface area (Å²) in [6.45, 7) is 4.90. The molecule has 0 aliphatic rings. The van der Waals surface area contributed by atoms with E-state index in [1.165, 1.54) is 21.5 Å². The van der Waals surface area contributed by atoms with E-state index in [4.69, 9.17) is 0 Å². The zero-order valence-electron chi connectivity index (χ0n) is 13.8. The van der Waals surface area contributed by atoms with Gasteiger partial charge in [-0.1, -0.05) is 24.3 Å². The maximum Gasteiger partial charge on any atom is 0.224 e.